The summed E-state index contributed by atoms with van der Waals surface area (Å²) in [4.78, 5) is 19.6. The van der Waals surface area contributed by atoms with Crippen LogP contribution >= 0.6 is 0 Å². The lowest BCUT2D eigenvalue weighted by molar-refractivity contribution is 0.0933. The molecule has 0 spiro atoms. The van der Waals surface area contributed by atoms with Gasteiger partial charge >= 0.3 is 0 Å². The van der Waals surface area contributed by atoms with E-state index in [0.717, 1.165) is 30.2 Å². The maximum Gasteiger partial charge on any atom is 0.251 e. The molecule has 1 fully saturated rings. The van der Waals surface area contributed by atoms with Crippen LogP contribution in [0.1, 0.15) is 40.7 Å². The first-order valence-electron chi connectivity index (χ1n) is 11.0. The Hall–Kier alpha value is -3.58. The van der Waals surface area contributed by atoms with Crippen molar-refractivity contribution < 1.29 is 13.9 Å². The Balaban J connectivity index is 1.17. The van der Waals surface area contributed by atoms with E-state index in [1.54, 1.807) is 18.4 Å². The number of aromatic nitrogens is 2. The minimum absolute atomic E-state index is 0.0597. The van der Waals surface area contributed by atoms with Gasteiger partial charge in [0.1, 0.15) is 23.8 Å². The van der Waals surface area contributed by atoms with E-state index in [4.69, 9.17) is 9.15 Å². The van der Waals surface area contributed by atoms with E-state index in [-0.39, 0.29) is 11.9 Å². The molecule has 1 aromatic carbocycles. The van der Waals surface area contributed by atoms with E-state index in [1.165, 1.54) is 12.8 Å². The third kappa shape index (κ3) is 4.53. The molecule has 1 N–H and O–H groups in total. The number of likely N-dealkylation sites (tertiary alicyclic amines) is 1. The van der Waals surface area contributed by atoms with Crippen molar-refractivity contribution in [1.82, 2.24) is 19.6 Å². The highest BCUT2D eigenvalue weighted by molar-refractivity contribution is 5.94. The van der Waals surface area contributed by atoms with Gasteiger partial charge in [-0.15, -0.1) is 0 Å². The minimum atomic E-state index is -0.104. The van der Waals surface area contributed by atoms with Crippen LogP contribution in [0.25, 0.3) is 5.65 Å². The second-order valence-corrected chi connectivity index (χ2v) is 8.00. The number of imidazole rings is 1. The summed E-state index contributed by atoms with van der Waals surface area (Å²) in [5.41, 5.74) is 2.34. The molecule has 3 aromatic heterocycles. The van der Waals surface area contributed by atoms with Gasteiger partial charge in [0.25, 0.3) is 5.91 Å². The van der Waals surface area contributed by atoms with Crippen LogP contribution in [-0.4, -0.2) is 39.8 Å². The fourth-order valence-electron chi connectivity index (χ4n) is 4.15. The predicted molar refractivity (Wildman–Crippen MR) is 121 cm³/mol. The number of benzene rings is 1. The van der Waals surface area contributed by atoms with Gasteiger partial charge in [-0.05, 0) is 74.5 Å². The molecule has 1 amide bonds. The van der Waals surface area contributed by atoms with Crippen LogP contribution < -0.4 is 10.1 Å². The number of ether oxygens (including phenoxy) is 1. The van der Waals surface area contributed by atoms with Crippen molar-refractivity contribution in [3.05, 3.63) is 90.3 Å². The first-order valence-corrected chi connectivity index (χ1v) is 11.0. The van der Waals surface area contributed by atoms with E-state index < -0.39 is 0 Å². The summed E-state index contributed by atoms with van der Waals surface area (Å²) in [6.07, 6.45) is 7.96. The number of pyridine rings is 1. The Morgan fingerprint density at radius 2 is 1.94 bits per heavy atom. The molecule has 0 bridgehead atoms. The van der Waals surface area contributed by atoms with E-state index in [9.17, 15) is 4.79 Å². The van der Waals surface area contributed by atoms with E-state index in [1.807, 2.05) is 59.3 Å². The summed E-state index contributed by atoms with van der Waals surface area (Å²) in [5, 5.41) is 3.06. The normalized spacial score (nSPS) is 15.1. The number of carbonyl (C=O) groups excluding carboxylic acids is 1. The molecule has 1 aliphatic heterocycles. The molecule has 1 saturated heterocycles. The molecule has 7 nitrogen and oxygen atoms in total. The Morgan fingerprint density at radius 1 is 1.09 bits per heavy atom. The smallest absolute Gasteiger partial charge is 0.251 e. The first-order chi connectivity index (χ1) is 15.8. The summed E-state index contributed by atoms with van der Waals surface area (Å²) in [7, 11) is 0. The zero-order valence-electron chi connectivity index (χ0n) is 17.8. The van der Waals surface area contributed by atoms with Crippen LogP contribution in [0.3, 0.4) is 0 Å². The topological polar surface area (TPSA) is 72.0 Å². The molecule has 1 atom stereocenters. The van der Waals surface area contributed by atoms with Crippen molar-refractivity contribution in [3.63, 3.8) is 0 Å². The largest absolute Gasteiger partial charge is 0.487 e. The Labute approximate surface area is 186 Å². The highest BCUT2D eigenvalue weighted by atomic mass is 16.5. The second-order valence-electron chi connectivity index (χ2n) is 8.00. The molecule has 7 heteroatoms. The standard InChI is InChI=1S/C25H26N4O3/c30-25(26-16-22(23-6-5-15-31-23)28-12-3-4-13-28)19-8-10-21(11-9-19)32-18-20-17-29-14-2-1-7-24(29)27-20/h1-2,5-11,14-15,17,22H,3-4,12-13,16,18H2,(H,26,30)/t22-/m0/s1. The monoisotopic (exact) mass is 430 g/mol. The van der Waals surface area contributed by atoms with Crippen molar-refractivity contribution in [2.45, 2.75) is 25.5 Å². The van der Waals surface area contributed by atoms with E-state index >= 15 is 0 Å². The van der Waals surface area contributed by atoms with Gasteiger partial charge in [-0.3, -0.25) is 9.69 Å². The third-order valence-corrected chi connectivity index (χ3v) is 5.83. The van der Waals surface area contributed by atoms with Crippen molar-refractivity contribution >= 4 is 11.6 Å². The molecule has 0 unspecified atom stereocenters. The Bertz CT molecular complexity index is 1130. The number of fused-ring (bicyclic) bond motifs is 1. The molecule has 1 aliphatic rings. The Kier molecular flexibility index (Phi) is 5.89. The summed E-state index contributed by atoms with van der Waals surface area (Å²) in [6.45, 7) is 2.94. The molecular weight excluding hydrogens is 404 g/mol. The fraction of sp³-hybridized carbons (Fsp3) is 0.280. The van der Waals surface area contributed by atoms with Gasteiger partial charge in [-0.2, -0.15) is 0 Å². The molecule has 164 valence electrons. The lowest BCUT2D eigenvalue weighted by atomic mass is 10.1. The van der Waals surface area contributed by atoms with Crippen LogP contribution in [0, 0.1) is 0 Å². The second kappa shape index (κ2) is 9.28. The highest BCUT2D eigenvalue weighted by Crippen LogP contribution is 2.25. The molecule has 32 heavy (non-hydrogen) atoms. The molecule has 0 aliphatic carbocycles. The van der Waals surface area contributed by atoms with Gasteiger partial charge in [0, 0.05) is 24.5 Å². The average molecular weight is 431 g/mol. The van der Waals surface area contributed by atoms with Crippen LogP contribution in [0.2, 0.25) is 0 Å². The molecular formula is C25H26N4O3. The number of carbonyl (C=O) groups is 1. The van der Waals surface area contributed by atoms with Crippen LogP contribution in [0.15, 0.2) is 77.7 Å². The summed E-state index contributed by atoms with van der Waals surface area (Å²) in [5.74, 6) is 1.49. The van der Waals surface area contributed by atoms with E-state index in [0.29, 0.717) is 24.5 Å². The number of amides is 1. The summed E-state index contributed by atoms with van der Waals surface area (Å²) in [6, 6.07) is 17.0. The zero-order chi connectivity index (χ0) is 21.8. The molecule has 5 rings (SSSR count). The summed E-state index contributed by atoms with van der Waals surface area (Å²) < 4.78 is 13.4. The maximum absolute atomic E-state index is 12.7. The number of nitrogens with one attached hydrogen (secondary N) is 1. The maximum atomic E-state index is 12.7. The molecule has 4 heterocycles. The number of hydrogen-bond donors (Lipinski definition) is 1. The number of rotatable bonds is 8. The van der Waals surface area contributed by atoms with Gasteiger partial charge < -0.3 is 18.9 Å². The SMILES string of the molecule is O=C(NC[C@@H](c1ccco1)N1CCCC1)c1ccc(OCc2cn3ccccc3n2)cc1. The molecule has 4 aromatic rings. The van der Waals surface area contributed by atoms with Crippen LogP contribution in [-0.2, 0) is 6.61 Å². The lowest BCUT2D eigenvalue weighted by Crippen LogP contribution is -2.36. The van der Waals surface area contributed by atoms with Crippen LogP contribution in [0.5, 0.6) is 5.75 Å². The highest BCUT2D eigenvalue weighted by Gasteiger charge is 2.26. The molecule has 0 saturated carbocycles. The van der Waals surface area contributed by atoms with Crippen LogP contribution in [0.4, 0.5) is 0 Å². The first kappa shape index (κ1) is 20.3. The average Bonchev–Trinajstić information content (AvgIpc) is 3.60. The number of furan rings is 1. The van der Waals surface area contributed by atoms with E-state index in [2.05, 4.69) is 15.2 Å². The fourth-order valence-corrected chi connectivity index (χ4v) is 4.15. The quantitative estimate of drug-likeness (QED) is 0.456. The number of hydrogen-bond acceptors (Lipinski definition) is 5. The third-order valence-electron chi connectivity index (χ3n) is 5.83. The van der Waals surface area contributed by atoms with Gasteiger partial charge in [-0.1, -0.05) is 6.07 Å². The summed E-state index contributed by atoms with van der Waals surface area (Å²) >= 11 is 0. The predicted octanol–water partition coefficient (Wildman–Crippen LogP) is 4.07. The molecule has 0 radical (unpaired) electrons. The lowest BCUT2D eigenvalue weighted by Gasteiger charge is -2.26. The van der Waals surface area contributed by atoms with Crippen molar-refractivity contribution in [2.24, 2.45) is 0 Å². The minimum Gasteiger partial charge on any atom is -0.487 e. The van der Waals surface area contributed by atoms with Crippen molar-refractivity contribution in [3.8, 4) is 5.75 Å². The van der Waals surface area contributed by atoms with Gasteiger partial charge in [0.15, 0.2) is 0 Å². The zero-order valence-corrected chi connectivity index (χ0v) is 17.8. The van der Waals surface area contributed by atoms with Gasteiger partial charge in [0.05, 0.1) is 18.0 Å². The van der Waals surface area contributed by atoms with Gasteiger partial charge in [-0.25, -0.2) is 4.98 Å². The number of nitrogens with zero attached hydrogens (tertiary/aromatic N) is 3. The Morgan fingerprint density at radius 3 is 2.69 bits per heavy atom. The van der Waals surface area contributed by atoms with Crippen molar-refractivity contribution in [1.29, 1.82) is 0 Å². The van der Waals surface area contributed by atoms with Gasteiger partial charge in [0.2, 0.25) is 0 Å². The van der Waals surface area contributed by atoms with Crippen molar-refractivity contribution in [2.75, 3.05) is 19.6 Å².